The molecule has 4 nitrogen and oxygen atoms in total. The monoisotopic (exact) mass is 823 g/mol. The second-order valence-corrected chi connectivity index (χ2v) is 16.1. The van der Waals surface area contributed by atoms with E-state index in [2.05, 4.69) is 152 Å². The first kappa shape index (κ1) is 34.6. The smallest absolute Gasteiger partial charge is 0.438 e. The zero-order valence-electron chi connectivity index (χ0n) is 29.9. The molecule has 0 bridgehead atoms. The standard InChI is InChI=1S/C44H44N4.Pt/c1-42(2,3)33-25-30(26-34(27-33)43(4,5)6)29-22-31(37-16-12-13-20-45-37)24-32(23-29)38-18-17-28-19-21-48(40(28)46-38)41-36-15-11-10-14-35(36)39(47-41)44(7,8)9;/h10-23,25-27H,1-9H3;/q-2;+2. The van der Waals surface area contributed by atoms with Crippen LogP contribution in [0, 0.1) is 6.07 Å². The summed E-state index contributed by atoms with van der Waals surface area (Å²) in [4.78, 5) is 15.3. The van der Waals surface area contributed by atoms with Crippen LogP contribution in [0.5, 0.6) is 0 Å². The normalized spacial score (nSPS) is 12.4. The van der Waals surface area contributed by atoms with Crippen molar-refractivity contribution in [2.24, 2.45) is 0 Å². The van der Waals surface area contributed by atoms with Gasteiger partial charge in [-0.3, -0.25) is 9.97 Å². The fourth-order valence-corrected chi connectivity index (χ4v) is 6.39. The van der Waals surface area contributed by atoms with Crippen LogP contribution in [0.2, 0.25) is 0 Å². The molecule has 0 saturated heterocycles. The van der Waals surface area contributed by atoms with Crippen LogP contribution in [0.25, 0.3) is 61.3 Å². The van der Waals surface area contributed by atoms with Crippen molar-refractivity contribution in [1.82, 2.24) is 19.5 Å². The molecule has 7 aromatic rings. The molecule has 0 aliphatic rings. The van der Waals surface area contributed by atoms with E-state index >= 15 is 0 Å². The van der Waals surface area contributed by atoms with Crippen LogP contribution in [0.1, 0.15) is 79.1 Å². The van der Waals surface area contributed by atoms with Crippen molar-refractivity contribution >= 4 is 21.8 Å². The van der Waals surface area contributed by atoms with Gasteiger partial charge in [0.05, 0.1) is 5.65 Å². The van der Waals surface area contributed by atoms with Gasteiger partial charge in [0, 0.05) is 17.6 Å². The third-order valence-corrected chi connectivity index (χ3v) is 9.20. The van der Waals surface area contributed by atoms with Gasteiger partial charge in [-0.05, 0) is 61.0 Å². The van der Waals surface area contributed by atoms with Crippen molar-refractivity contribution in [3.05, 3.63) is 126 Å². The average Bonchev–Trinajstić information content (AvgIpc) is 3.65. The number of nitrogens with zero attached hydrogens (tertiary/aromatic N) is 4. The van der Waals surface area contributed by atoms with Crippen LogP contribution in [-0.2, 0) is 37.3 Å². The molecule has 0 fully saturated rings. The molecule has 7 rings (SSSR count). The maximum atomic E-state index is 5.31. The second-order valence-electron chi connectivity index (χ2n) is 16.1. The molecule has 49 heavy (non-hydrogen) atoms. The van der Waals surface area contributed by atoms with Crippen molar-refractivity contribution in [2.75, 3.05) is 0 Å². The number of benzene rings is 3. The summed E-state index contributed by atoms with van der Waals surface area (Å²) < 4.78 is 2.14. The van der Waals surface area contributed by atoms with Crippen molar-refractivity contribution in [2.45, 2.75) is 78.6 Å². The SMILES string of the molecule is CC(C)(C)c1cc(-c2cc(-c3ccccn3)[c-]c(-c3ccc4ccn(-c5[n-]c(C(C)(C)C)c6ccccc56)c4n3)c2)cc(C(C)(C)C)c1.[Pt+2]. The molecular formula is C44H44N4Pt. The Morgan fingerprint density at radius 1 is 0.612 bits per heavy atom. The third-order valence-electron chi connectivity index (χ3n) is 9.20. The molecule has 0 amide bonds. The summed E-state index contributed by atoms with van der Waals surface area (Å²) in [5.41, 5.74) is 10.5. The van der Waals surface area contributed by atoms with Crippen LogP contribution in [0.15, 0.2) is 103 Å². The van der Waals surface area contributed by atoms with Gasteiger partial charge in [-0.1, -0.05) is 164 Å². The molecule has 5 heteroatoms. The molecule has 0 radical (unpaired) electrons. The number of hydrogen-bond acceptors (Lipinski definition) is 2. The fourth-order valence-electron chi connectivity index (χ4n) is 6.39. The first-order valence-corrected chi connectivity index (χ1v) is 16.9. The zero-order chi connectivity index (χ0) is 34.0. The number of rotatable bonds is 4. The van der Waals surface area contributed by atoms with E-state index in [1.807, 2.05) is 24.4 Å². The predicted octanol–water partition coefficient (Wildman–Crippen LogP) is 11.2. The molecule has 0 saturated carbocycles. The molecule has 4 heterocycles. The van der Waals surface area contributed by atoms with E-state index in [9.17, 15) is 0 Å². The van der Waals surface area contributed by atoms with Crippen LogP contribution in [0.4, 0.5) is 0 Å². The summed E-state index contributed by atoms with van der Waals surface area (Å²) in [6, 6.07) is 36.1. The van der Waals surface area contributed by atoms with E-state index in [4.69, 9.17) is 15.0 Å². The Balaban J connectivity index is 0.00000417. The van der Waals surface area contributed by atoms with Gasteiger partial charge >= 0.3 is 21.1 Å². The Morgan fingerprint density at radius 2 is 1.22 bits per heavy atom. The summed E-state index contributed by atoms with van der Waals surface area (Å²) in [6.45, 7) is 20.4. The minimum absolute atomic E-state index is 0. The summed E-state index contributed by atoms with van der Waals surface area (Å²) in [6.07, 6.45) is 3.93. The first-order valence-electron chi connectivity index (χ1n) is 16.9. The number of hydrogen-bond donors (Lipinski definition) is 0. The van der Waals surface area contributed by atoms with E-state index in [1.165, 1.54) is 22.1 Å². The second kappa shape index (κ2) is 12.6. The molecule has 0 atom stereocenters. The Morgan fingerprint density at radius 3 is 1.84 bits per heavy atom. The van der Waals surface area contributed by atoms with Gasteiger partial charge in [0.1, 0.15) is 0 Å². The van der Waals surface area contributed by atoms with E-state index in [0.29, 0.717) is 0 Å². The van der Waals surface area contributed by atoms with E-state index in [-0.39, 0.29) is 37.3 Å². The minimum Gasteiger partial charge on any atom is -0.438 e. The Labute approximate surface area is 305 Å². The number of pyridine rings is 2. The molecule has 4 aromatic heterocycles. The third kappa shape index (κ3) is 6.68. The summed E-state index contributed by atoms with van der Waals surface area (Å²) in [5.74, 6) is 0.913. The van der Waals surface area contributed by atoms with Gasteiger partial charge < -0.3 is 9.55 Å². The summed E-state index contributed by atoms with van der Waals surface area (Å²) >= 11 is 0. The van der Waals surface area contributed by atoms with Gasteiger partial charge in [0.15, 0.2) is 0 Å². The van der Waals surface area contributed by atoms with Crippen molar-refractivity contribution < 1.29 is 21.1 Å². The molecule has 0 spiro atoms. The Hall–Kier alpha value is -4.27. The van der Waals surface area contributed by atoms with Crippen molar-refractivity contribution in [1.29, 1.82) is 0 Å². The van der Waals surface area contributed by atoms with Gasteiger partial charge in [-0.25, -0.2) is 0 Å². The molecule has 0 aliphatic carbocycles. The molecule has 0 N–H and O–H groups in total. The number of fused-ring (bicyclic) bond motifs is 2. The predicted molar refractivity (Wildman–Crippen MR) is 201 cm³/mol. The van der Waals surface area contributed by atoms with E-state index in [0.717, 1.165) is 56.0 Å². The fraction of sp³-hybridized carbons (Fsp3) is 0.273. The average molecular weight is 824 g/mol. The minimum atomic E-state index is -0.0895. The van der Waals surface area contributed by atoms with Gasteiger partial charge in [0.25, 0.3) is 0 Å². The van der Waals surface area contributed by atoms with Crippen molar-refractivity contribution in [3.8, 4) is 39.5 Å². The molecule has 3 aromatic carbocycles. The van der Waals surface area contributed by atoms with Crippen LogP contribution in [-0.4, -0.2) is 14.5 Å². The quantitative estimate of drug-likeness (QED) is 0.166. The Kier molecular flexibility index (Phi) is 8.86. The van der Waals surface area contributed by atoms with E-state index < -0.39 is 0 Å². The first-order chi connectivity index (χ1) is 22.7. The summed E-state index contributed by atoms with van der Waals surface area (Å²) in [7, 11) is 0. The number of aromatic nitrogens is 4. The van der Waals surface area contributed by atoms with Crippen LogP contribution >= 0.6 is 0 Å². The van der Waals surface area contributed by atoms with Crippen LogP contribution < -0.4 is 4.98 Å². The van der Waals surface area contributed by atoms with Gasteiger partial charge in [-0.2, -0.15) is 0 Å². The molecule has 0 aliphatic heterocycles. The molecule has 0 unspecified atom stereocenters. The van der Waals surface area contributed by atoms with E-state index in [1.54, 1.807) is 0 Å². The largest absolute Gasteiger partial charge is 2.00 e. The maximum Gasteiger partial charge on any atom is 2.00 e. The summed E-state index contributed by atoms with van der Waals surface area (Å²) in [5, 5.41) is 3.38. The van der Waals surface area contributed by atoms with Crippen molar-refractivity contribution in [3.63, 3.8) is 0 Å². The topological polar surface area (TPSA) is 44.8 Å². The molecular weight excluding hydrogens is 780 g/mol. The maximum absolute atomic E-state index is 5.31. The molecule has 250 valence electrons. The zero-order valence-corrected chi connectivity index (χ0v) is 32.2. The van der Waals surface area contributed by atoms with Gasteiger partial charge in [-0.15, -0.1) is 18.2 Å². The Bertz CT molecular complexity index is 2250. The van der Waals surface area contributed by atoms with Crippen LogP contribution in [0.3, 0.4) is 0 Å². The van der Waals surface area contributed by atoms with Gasteiger partial charge in [0.2, 0.25) is 0 Å².